The Morgan fingerprint density at radius 3 is 2.24 bits per heavy atom. The molecule has 5 heteroatoms. The number of aryl methyl sites for hydroxylation is 1. The van der Waals surface area contributed by atoms with Crippen LogP contribution in [-0.4, -0.2) is 0 Å². The Morgan fingerprint density at radius 2 is 1.67 bits per heavy atom. The van der Waals surface area contributed by atoms with E-state index in [0.717, 1.165) is 28.8 Å². The molecule has 0 amide bonds. The van der Waals surface area contributed by atoms with Gasteiger partial charge in [0.05, 0.1) is 10.9 Å². The van der Waals surface area contributed by atoms with E-state index in [9.17, 15) is 13.2 Å². The van der Waals surface area contributed by atoms with Gasteiger partial charge in [-0.3, -0.25) is 0 Å². The van der Waals surface area contributed by atoms with Gasteiger partial charge in [0.15, 0.2) is 0 Å². The van der Waals surface area contributed by atoms with Crippen molar-refractivity contribution < 1.29 is 13.2 Å². The highest BCUT2D eigenvalue weighted by molar-refractivity contribution is 6.33. The Bertz CT molecular complexity index is 618. The summed E-state index contributed by atoms with van der Waals surface area (Å²) in [7, 11) is 0. The predicted octanol–water partition coefficient (Wildman–Crippen LogP) is 6.19. The maximum absolute atomic E-state index is 12.5. The van der Waals surface area contributed by atoms with Gasteiger partial charge in [0, 0.05) is 5.02 Å². The Balaban J connectivity index is 2.16. The third-order valence-electron chi connectivity index (χ3n) is 3.26. The maximum atomic E-state index is 12.5. The number of alkyl halides is 4. The van der Waals surface area contributed by atoms with Gasteiger partial charge in [-0.15, -0.1) is 11.6 Å². The first-order valence-corrected chi connectivity index (χ1v) is 7.15. The molecule has 2 aromatic rings. The third-order valence-corrected chi connectivity index (χ3v) is 4.16. The van der Waals surface area contributed by atoms with Crippen LogP contribution >= 0.6 is 23.2 Å². The van der Waals surface area contributed by atoms with Crippen LogP contribution in [0.2, 0.25) is 5.02 Å². The number of benzene rings is 2. The summed E-state index contributed by atoms with van der Waals surface area (Å²) < 4.78 is 37.5. The molecular formula is C16H13Cl2F3. The van der Waals surface area contributed by atoms with Crippen molar-refractivity contribution in [3.8, 4) is 0 Å². The molecular weight excluding hydrogens is 320 g/mol. The number of rotatable bonds is 3. The quantitative estimate of drug-likeness (QED) is 0.588. The van der Waals surface area contributed by atoms with E-state index < -0.39 is 11.7 Å². The minimum atomic E-state index is -4.32. The molecule has 0 aliphatic carbocycles. The molecule has 2 rings (SSSR count). The van der Waals surface area contributed by atoms with Crippen LogP contribution in [-0.2, 0) is 12.6 Å². The monoisotopic (exact) mass is 332 g/mol. The van der Waals surface area contributed by atoms with E-state index in [-0.39, 0.29) is 5.38 Å². The van der Waals surface area contributed by atoms with Gasteiger partial charge in [-0.05, 0) is 42.2 Å². The molecule has 0 spiro atoms. The second-order valence-electron chi connectivity index (χ2n) is 4.84. The van der Waals surface area contributed by atoms with Crippen LogP contribution < -0.4 is 0 Å². The molecule has 1 unspecified atom stereocenters. The normalized spacial score (nSPS) is 13.2. The molecule has 0 saturated carbocycles. The van der Waals surface area contributed by atoms with Crippen LogP contribution in [0.25, 0.3) is 0 Å². The lowest BCUT2D eigenvalue weighted by atomic mass is 10.0. The van der Waals surface area contributed by atoms with E-state index in [1.165, 1.54) is 12.1 Å². The summed E-state index contributed by atoms with van der Waals surface area (Å²) in [5.41, 5.74) is 1.79. The van der Waals surface area contributed by atoms with Crippen LogP contribution in [0.15, 0.2) is 42.5 Å². The van der Waals surface area contributed by atoms with Crippen molar-refractivity contribution in [2.45, 2.75) is 24.9 Å². The number of halogens is 5. The van der Waals surface area contributed by atoms with Crippen molar-refractivity contribution in [3.05, 3.63) is 69.7 Å². The fraction of sp³-hybridized carbons (Fsp3) is 0.250. The van der Waals surface area contributed by atoms with Crippen molar-refractivity contribution in [2.24, 2.45) is 0 Å². The van der Waals surface area contributed by atoms with Gasteiger partial charge in [-0.1, -0.05) is 41.9 Å². The van der Waals surface area contributed by atoms with Crippen molar-refractivity contribution in [2.75, 3.05) is 0 Å². The standard InChI is InChI=1S/C16H13Cl2F3/c1-10-3-2-4-13(15(10)18)14(17)9-11-5-7-12(8-6-11)16(19,20)21/h2-8,14H,9H2,1H3. The smallest absolute Gasteiger partial charge is 0.166 e. The van der Waals surface area contributed by atoms with Gasteiger partial charge in [-0.2, -0.15) is 13.2 Å². The summed E-state index contributed by atoms with van der Waals surface area (Å²) in [5.74, 6) is 0. The molecule has 0 saturated heterocycles. The first-order valence-electron chi connectivity index (χ1n) is 6.34. The Morgan fingerprint density at radius 1 is 1.05 bits per heavy atom. The van der Waals surface area contributed by atoms with E-state index in [2.05, 4.69) is 0 Å². The SMILES string of the molecule is Cc1cccc(C(Cl)Cc2ccc(C(F)(F)F)cc2)c1Cl. The fourth-order valence-corrected chi connectivity index (χ4v) is 2.73. The van der Waals surface area contributed by atoms with E-state index in [4.69, 9.17) is 23.2 Å². The molecule has 0 aliphatic heterocycles. The topological polar surface area (TPSA) is 0 Å². The van der Waals surface area contributed by atoms with Crippen LogP contribution in [0, 0.1) is 6.92 Å². The second kappa shape index (κ2) is 6.29. The largest absolute Gasteiger partial charge is 0.416 e. The molecule has 1 atom stereocenters. The summed E-state index contributed by atoms with van der Waals surface area (Å²) in [4.78, 5) is 0. The zero-order valence-corrected chi connectivity index (χ0v) is 12.7. The highest BCUT2D eigenvalue weighted by Gasteiger charge is 2.30. The molecule has 0 fully saturated rings. The molecule has 0 aliphatic rings. The molecule has 0 N–H and O–H groups in total. The summed E-state index contributed by atoms with van der Waals surface area (Å²) in [5, 5.41) is 0.221. The minimum absolute atomic E-state index is 0.380. The zero-order valence-electron chi connectivity index (χ0n) is 11.2. The molecule has 21 heavy (non-hydrogen) atoms. The molecule has 0 bridgehead atoms. The van der Waals surface area contributed by atoms with Crippen molar-refractivity contribution >= 4 is 23.2 Å². The van der Waals surface area contributed by atoms with Gasteiger partial charge in [0.2, 0.25) is 0 Å². The summed E-state index contributed by atoms with van der Waals surface area (Å²) in [6, 6.07) is 10.6. The van der Waals surface area contributed by atoms with Gasteiger partial charge in [0.25, 0.3) is 0 Å². The van der Waals surface area contributed by atoms with Gasteiger partial charge in [-0.25, -0.2) is 0 Å². The van der Waals surface area contributed by atoms with Crippen molar-refractivity contribution in [1.29, 1.82) is 0 Å². The van der Waals surface area contributed by atoms with Crippen LogP contribution in [0.3, 0.4) is 0 Å². The zero-order chi connectivity index (χ0) is 15.6. The highest BCUT2D eigenvalue weighted by Crippen LogP contribution is 2.34. The predicted molar refractivity (Wildman–Crippen MR) is 79.9 cm³/mol. The van der Waals surface area contributed by atoms with E-state index in [0.29, 0.717) is 11.4 Å². The van der Waals surface area contributed by atoms with Crippen molar-refractivity contribution in [3.63, 3.8) is 0 Å². The van der Waals surface area contributed by atoms with Gasteiger partial charge in [0.1, 0.15) is 0 Å². The average Bonchev–Trinajstić information content (AvgIpc) is 2.41. The summed E-state index contributed by atoms with van der Waals surface area (Å²) in [6.45, 7) is 1.88. The fourth-order valence-electron chi connectivity index (χ4n) is 2.06. The van der Waals surface area contributed by atoms with E-state index in [1.54, 1.807) is 0 Å². The first kappa shape index (κ1) is 16.2. The van der Waals surface area contributed by atoms with Crippen LogP contribution in [0.4, 0.5) is 13.2 Å². The summed E-state index contributed by atoms with van der Waals surface area (Å²) >= 11 is 12.5. The lowest BCUT2D eigenvalue weighted by molar-refractivity contribution is -0.137. The van der Waals surface area contributed by atoms with Gasteiger partial charge < -0.3 is 0 Å². The first-order chi connectivity index (χ1) is 9.79. The Labute approximate surface area is 131 Å². The van der Waals surface area contributed by atoms with Crippen LogP contribution in [0.1, 0.15) is 27.6 Å². The Hall–Kier alpha value is -1.19. The number of hydrogen-bond donors (Lipinski definition) is 0. The lowest BCUT2D eigenvalue weighted by Crippen LogP contribution is -2.05. The molecule has 0 heterocycles. The molecule has 0 radical (unpaired) electrons. The number of hydrogen-bond acceptors (Lipinski definition) is 0. The maximum Gasteiger partial charge on any atom is 0.416 e. The third kappa shape index (κ3) is 3.92. The molecule has 0 nitrogen and oxygen atoms in total. The molecule has 2 aromatic carbocycles. The van der Waals surface area contributed by atoms with E-state index >= 15 is 0 Å². The highest BCUT2D eigenvalue weighted by atomic mass is 35.5. The average molecular weight is 333 g/mol. The Kier molecular flexibility index (Phi) is 4.84. The second-order valence-corrected chi connectivity index (χ2v) is 5.75. The lowest BCUT2D eigenvalue weighted by Gasteiger charge is -2.14. The van der Waals surface area contributed by atoms with Gasteiger partial charge >= 0.3 is 6.18 Å². The summed E-state index contributed by atoms with van der Waals surface area (Å²) in [6.07, 6.45) is -3.90. The van der Waals surface area contributed by atoms with Crippen molar-refractivity contribution in [1.82, 2.24) is 0 Å². The molecule has 0 aromatic heterocycles. The minimum Gasteiger partial charge on any atom is -0.166 e. The van der Waals surface area contributed by atoms with Crippen LogP contribution in [0.5, 0.6) is 0 Å². The van der Waals surface area contributed by atoms with E-state index in [1.807, 2.05) is 25.1 Å². The molecule has 112 valence electrons.